The van der Waals surface area contributed by atoms with Crippen molar-refractivity contribution in [2.45, 2.75) is 501 Å². The molecule has 2 atom stereocenters. The van der Waals surface area contributed by atoms with Crippen LogP contribution in [-0.2, 0) is 14.3 Å². The van der Waals surface area contributed by atoms with Crippen molar-refractivity contribution < 1.29 is 24.5 Å². The first kappa shape index (κ1) is 88.6. The van der Waals surface area contributed by atoms with E-state index in [4.69, 9.17) is 4.74 Å². The van der Waals surface area contributed by atoms with E-state index < -0.39 is 12.1 Å². The van der Waals surface area contributed by atoms with Crippen LogP contribution in [0.5, 0.6) is 0 Å². The first-order valence-corrected chi connectivity index (χ1v) is 42.0. The van der Waals surface area contributed by atoms with E-state index in [1.165, 1.54) is 424 Å². The van der Waals surface area contributed by atoms with Crippen LogP contribution in [-0.4, -0.2) is 47.4 Å². The lowest BCUT2D eigenvalue weighted by atomic mass is 10.0. The van der Waals surface area contributed by atoms with Gasteiger partial charge in [0, 0.05) is 12.8 Å². The number of hydrogen-bond donors (Lipinski definition) is 3. The molecule has 0 aromatic heterocycles. The molecule has 0 saturated heterocycles. The van der Waals surface area contributed by atoms with Crippen LogP contribution in [0.25, 0.3) is 0 Å². The lowest BCUT2D eigenvalue weighted by Gasteiger charge is -2.20. The molecule has 0 aromatic rings. The fraction of sp³-hybridized carbons (Fsp3) is 0.952. The summed E-state index contributed by atoms with van der Waals surface area (Å²) < 4.78 is 5.51. The van der Waals surface area contributed by atoms with Gasteiger partial charge in [-0.05, 0) is 32.1 Å². The summed E-state index contributed by atoms with van der Waals surface area (Å²) >= 11 is 0. The molecule has 0 aliphatic rings. The van der Waals surface area contributed by atoms with Crippen molar-refractivity contribution in [2.75, 3.05) is 13.2 Å². The molecule has 0 radical (unpaired) electrons. The van der Waals surface area contributed by atoms with Crippen molar-refractivity contribution >= 4 is 11.9 Å². The Hall–Kier alpha value is -1.40. The molecule has 3 N–H and O–H groups in total. The van der Waals surface area contributed by atoms with Crippen LogP contribution in [0.1, 0.15) is 489 Å². The first-order chi connectivity index (χ1) is 44.5. The van der Waals surface area contributed by atoms with Gasteiger partial charge in [0.15, 0.2) is 0 Å². The molecule has 0 aliphatic heterocycles. The van der Waals surface area contributed by atoms with Crippen molar-refractivity contribution in [3.8, 4) is 0 Å². The maximum atomic E-state index is 12.6. The summed E-state index contributed by atoms with van der Waals surface area (Å²) in [6, 6.07) is -0.625. The smallest absolute Gasteiger partial charge is 0.305 e. The molecule has 0 saturated carbocycles. The quantitative estimate of drug-likeness (QED) is 0.0320. The number of ether oxygens (including phenoxy) is 1. The van der Waals surface area contributed by atoms with Crippen molar-refractivity contribution in [2.24, 2.45) is 0 Å². The largest absolute Gasteiger partial charge is 0.466 e. The van der Waals surface area contributed by atoms with E-state index >= 15 is 0 Å². The minimum atomic E-state index is -0.842. The topological polar surface area (TPSA) is 95.9 Å². The molecule has 0 aromatic carbocycles. The lowest BCUT2D eigenvalue weighted by molar-refractivity contribution is -0.143. The third-order valence-electron chi connectivity index (χ3n) is 20.1. The number of amides is 1. The predicted octanol–water partition coefficient (Wildman–Crippen LogP) is 27.8. The van der Waals surface area contributed by atoms with Crippen LogP contribution in [0.15, 0.2) is 12.2 Å². The standard InChI is InChI=1S/C84H165NO5/c1-3-5-7-9-11-13-15-17-19-21-22-23-24-36-39-42-45-48-52-56-60-64-68-72-76-82(87)81(80-86)85-83(88)77-73-69-65-61-57-53-49-46-43-40-37-34-32-30-28-26-25-27-29-31-33-35-38-41-44-47-51-55-59-63-67-71-75-79-90-84(89)78-74-70-66-62-58-54-50-20-18-16-14-12-10-8-6-4-2/h72,76,81-82,86-87H,3-71,73-75,77-80H2,1-2H3,(H,85,88)/b76-72+. The Morgan fingerprint density at radius 2 is 0.511 bits per heavy atom. The third kappa shape index (κ3) is 75.6. The van der Waals surface area contributed by atoms with Gasteiger partial charge >= 0.3 is 5.97 Å². The van der Waals surface area contributed by atoms with E-state index in [1.807, 2.05) is 6.08 Å². The number of hydrogen-bond acceptors (Lipinski definition) is 5. The monoisotopic (exact) mass is 1270 g/mol. The molecule has 6 nitrogen and oxygen atoms in total. The molecule has 1 amide bonds. The number of aliphatic hydroxyl groups is 2. The maximum Gasteiger partial charge on any atom is 0.305 e. The number of nitrogens with one attached hydrogen (secondary N) is 1. The highest BCUT2D eigenvalue weighted by Gasteiger charge is 2.18. The van der Waals surface area contributed by atoms with Crippen molar-refractivity contribution in [3.63, 3.8) is 0 Å². The van der Waals surface area contributed by atoms with Crippen LogP contribution in [0.3, 0.4) is 0 Å². The molecule has 90 heavy (non-hydrogen) atoms. The molecule has 0 heterocycles. The molecule has 0 rings (SSSR count). The summed E-state index contributed by atoms with van der Waals surface area (Å²) in [5.74, 6) is -0.0307. The Labute approximate surface area is 565 Å². The zero-order valence-electron chi connectivity index (χ0n) is 61.7. The van der Waals surface area contributed by atoms with Crippen LogP contribution in [0, 0.1) is 0 Å². The molecule has 536 valence electrons. The second-order valence-corrected chi connectivity index (χ2v) is 29.2. The Kier molecular flexibility index (Phi) is 78.8. The number of unbranched alkanes of at least 4 members (excludes halogenated alkanes) is 69. The number of allylic oxidation sites excluding steroid dienone is 1. The average molecular weight is 1270 g/mol. The molecule has 2 unspecified atom stereocenters. The van der Waals surface area contributed by atoms with Gasteiger partial charge in [-0.1, -0.05) is 456 Å². The second kappa shape index (κ2) is 80.0. The average Bonchev–Trinajstić information content (AvgIpc) is 3.58. The summed E-state index contributed by atoms with van der Waals surface area (Å²) in [6.45, 7) is 4.97. The van der Waals surface area contributed by atoms with Crippen LogP contribution in [0.4, 0.5) is 0 Å². The molecule has 6 heteroatoms. The molecule has 0 spiro atoms. The SMILES string of the molecule is CCCCCCCCCCCCCCCCCCCCCCCC/C=C/C(O)C(CO)NC(=O)CCCCCCCCCCCCCCCCCCCCCCCCCCCCCCCCCCCOC(=O)CCCCCCCCCCCCCCCCCC. The summed E-state index contributed by atoms with van der Waals surface area (Å²) in [6.07, 6.45) is 102. The van der Waals surface area contributed by atoms with Crippen molar-refractivity contribution in [1.29, 1.82) is 0 Å². The van der Waals surface area contributed by atoms with Crippen molar-refractivity contribution in [3.05, 3.63) is 12.2 Å². The maximum absolute atomic E-state index is 12.6. The number of carbonyl (C=O) groups is 2. The van der Waals surface area contributed by atoms with Gasteiger partial charge in [0.05, 0.1) is 25.4 Å². The van der Waals surface area contributed by atoms with Gasteiger partial charge in [0.2, 0.25) is 5.91 Å². The van der Waals surface area contributed by atoms with Gasteiger partial charge in [0.25, 0.3) is 0 Å². The van der Waals surface area contributed by atoms with Gasteiger partial charge in [-0.3, -0.25) is 9.59 Å². The van der Waals surface area contributed by atoms with E-state index in [0.717, 1.165) is 38.5 Å². The van der Waals surface area contributed by atoms with Crippen LogP contribution in [0.2, 0.25) is 0 Å². The molecule has 0 fully saturated rings. The Morgan fingerprint density at radius 3 is 0.756 bits per heavy atom. The summed E-state index contributed by atoms with van der Waals surface area (Å²) in [7, 11) is 0. The Morgan fingerprint density at radius 1 is 0.300 bits per heavy atom. The highest BCUT2D eigenvalue weighted by Crippen LogP contribution is 2.21. The fourth-order valence-corrected chi connectivity index (χ4v) is 13.7. The van der Waals surface area contributed by atoms with Gasteiger partial charge in [0.1, 0.15) is 0 Å². The van der Waals surface area contributed by atoms with Crippen LogP contribution < -0.4 is 5.32 Å². The summed E-state index contributed by atoms with van der Waals surface area (Å²) in [4.78, 5) is 24.7. The summed E-state index contributed by atoms with van der Waals surface area (Å²) in [5, 5.41) is 23.3. The lowest BCUT2D eigenvalue weighted by Crippen LogP contribution is -2.45. The number of carbonyl (C=O) groups excluding carboxylic acids is 2. The normalized spacial score (nSPS) is 12.4. The fourth-order valence-electron chi connectivity index (χ4n) is 13.7. The van der Waals surface area contributed by atoms with E-state index in [1.54, 1.807) is 6.08 Å². The predicted molar refractivity (Wildman–Crippen MR) is 398 cm³/mol. The van der Waals surface area contributed by atoms with Crippen molar-refractivity contribution in [1.82, 2.24) is 5.32 Å². The minimum absolute atomic E-state index is 0.0264. The molecule has 0 aliphatic carbocycles. The number of aliphatic hydroxyl groups excluding tert-OH is 2. The first-order valence-electron chi connectivity index (χ1n) is 42.0. The summed E-state index contributed by atoms with van der Waals surface area (Å²) in [5.41, 5.74) is 0. The highest BCUT2D eigenvalue weighted by atomic mass is 16.5. The van der Waals surface area contributed by atoms with E-state index in [0.29, 0.717) is 19.4 Å². The Bertz CT molecular complexity index is 1370. The molecule has 0 bridgehead atoms. The second-order valence-electron chi connectivity index (χ2n) is 29.2. The Balaban J connectivity index is 3.33. The zero-order chi connectivity index (χ0) is 64.9. The number of esters is 1. The number of rotatable bonds is 80. The minimum Gasteiger partial charge on any atom is -0.466 e. The third-order valence-corrected chi connectivity index (χ3v) is 20.1. The van der Waals surface area contributed by atoms with Crippen LogP contribution >= 0.6 is 0 Å². The molecular formula is C84H165NO5. The van der Waals surface area contributed by atoms with Gasteiger partial charge in [-0.2, -0.15) is 0 Å². The van der Waals surface area contributed by atoms with Gasteiger partial charge < -0.3 is 20.3 Å². The van der Waals surface area contributed by atoms with Gasteiger partial charge in [-0.25, -0.2) is 0 Å². The van der Waals surface area contributed by atoms with E-state index in [-0.39, 0.29) is 18.5 Å². The van der Waals surface area contributed by atoms with E-state index in [9.17, 15) is 19.8 Å². The van der Waals surface area contributed by atoms with Gasteiger partial charge in [-0.15, -0.1) is 0 Å². The zero-order valence-corrected chi connectivity index (χ0v) is 61.7. The molecular weight excluding hydrogens is 1100 g/mol. The van der Waals surface area contributed by atoms with E-state index in [2.05, 4.69) is 19.2 Å². The highest BCUT2D eigenvalue weighted by molar-refractivity contribution is 5.76.